The van der Waals surface area contributed by atoms with Crippen LogP contribution in [0.2, 0.25) is 0 Å². The van der Waals surface area contributed by atoms with Gasteiger partial charge in [-0.25, -0.2) is 0 Å². The molecule has 0 amide bonds. The van der Waals surface area contributed by atoms with Crippen molar-refractivity contribution in [2.45, 2.75) is 4.90 Å². The fraction of sp³-hybridized carbons (Fsp3) is 0. The number of rotatable bonds is 2. The molecule has 0 atom stereocenters. The van der Waals surface area contributed by atoms with Crippen molar-refractivity contribution in [3.05, 3.63) is 18.2 Å². The van der Waals surface area contributed by atoms with Crippen molar-refractivity contribution < 1.29 is 22.9 Å². The van der Waals surface area contributed by atoms with Crippen LogP contribution >= 0.6 is 12.4 Å². The first kappa shape index (κ1) is 13.0. The van der Waals surface area contributed by atoms with Crippen molar-refractivity contribution in [2.24, 2.45) is 5.90 Å². The number of phenolic OH excluding ortho intramolecular Hbond substituents is 1. The van der Waals surface area contributed by atoms with Crippen LogP contribution in [0.25, 0.3) is 0 Å². The van der Waals surface area contributed by atoms with E-state index in [-0.39, 0.29) is 18.2 Å². The third-order valence-electron chi connectivity index (χ3n) is 1.34. The van der Waals surface area contributed by atoms with Crippen molar-refractivity contribution in [3.8, 4) is 11.5 Å². The van der Waals surface area contributed by atoms with Gasteiger partial charge in [0.1, 0.15) is 5.75 Å². The third-order valence-corrected chi connectivity index (χ3v) is 2.27. The van der Waals surface area contributed by atoms with Crippen LogP contribution in [0.4, 0.5) is 0 Å². The predicted molar refractivity (Wildman–Crippen MR) is 50.0 cm³/mol. The van der Waals surface area contributed by atoms with E-state index in [1.54, 1.807) is 0 Å². The Kier molecular flexibility index (Phi) is 4.14. The first-order valence-corrected chi connectivity index (χ1v) is 4.57. The zero-order chi connectivity index (χ0) is 10.1. The zero-order valence-electron chi connectivity index (χ0n) is 6.75. The second kappa shape index (κ2) is 4.47. The minimum atomic E-state index is -4.53. The van der Waals surface area contributed by atoms with Gasteiger partial charge in [0.05, 0.1) is 0 Å². The largest absolute Gasteiger partial charge is 0.506 e. The van der Waals surface area contributed by atoms with Crippen molar-refractivity contribution in [3.63, 3.8) is 0 Å². The van der Waals surface area contributed by atoms with E-state index in [0.29, 0.717) is 0 Å². The highest BCUT2D eigenvalue weighted by atomic mass is 35.5. The fourth-order valence-electron chi connectivity index (χ4n) is 0.856. The minimum absolute atomic E-state index is 0. The van der Waals surface area contributed by atoms with Crippen LogP contribution in [0.1, 0.15) is 0 Å². The summed E-state index contributed by atoms with van der Waals surface area (Å²) in [5, 5.41) is 9.08. The fourth-order valence-corrected chi connectivity index (χ4v) is 1.56. The van der Waals surface area contributed by atoms with E-state index in [0.717, 1.165) is 6.07 Å². The molecule has 80 valence electrons. The Morgan fingerprint density at radius 2 is 1.93 bits per heavy atom. The van der Waals surface area contributed by atoms with Gasteiger partial charge < -0.3 is 9.94 Å². The number of nitrogens with two attached hydrogens (primary N) is 1. The smallest absolute Gasteiger partial charge is 0.302 e. The summed E-state index contributed by atoms with van der Waals surface area (Å²) < 4.78 is 30.0. The van der Waals surface area contributed by atoms with E-state index in [1.165, 1.54) is 12.1 Å². The summed E-state index contributed by atoms with van der Waals surface area (Å²) in [6, 6.07) is 3.61. The molecule has 1 aromatic rings. The van der Waals surface area contributed by atoms with Crippen LogP contribution in [0.5, 0.6) is 11.5 Å². The van der Waals surface area contributed by atoms with E-state index in [1.807, 2.05) is 0 Å². The number of hydrogen-bond acceptors (Lipinski definition) is 5. The average Bonchev–Trinajstić information content (AvgIpc) is 2.01. The van der Waals surface area contributed by atoms with E-state index < -0.39 is 20.8 Å². The first-order valence-electron chi connectivity index (χ1n) is 3.13. The highest BCUT2D eigenvalue weighted by molar-refractivity contribution is 7.86. The van der Waals surface area contributed by atoms with Gasteiger partial charge in [-0.3, -0.25) is 4.55 Å². The molecule has 0 aromatic heterocycles. The number of hydrogen-bond donors (Lipinski definition) is 3. The topological polar surface area (TPSA) is 110 Å². The minimum Gasteiger partial charge on any atom is -0.506 e. The zero-order valence-corrected chi connectivity index (χ0v) is 8.38. The molecule has 8 heteroatoms. The molecule has 0 bridgehead atoms. The highest BCUT2D eigenvalue weighted by Gasteiger charge is 2.21. The lowest BCUT2D eigenvalue weighted by Gasteiger charge is -2.05. The van der Waals surface area contributed by atoms with Gasteiger partial charge in [-0.05, 0) is 12.1 Å². The molecular weight excluding hydrogens is 234 g/mol. The van der Waals surface area contributed by atoms with Crippen LogP contribution in [-0.2, 0) is 10.1 Å². The molecule has 0 radical (unpaired) electrons. The van der Waals surface area contributed by atoms with Gasteiger partial charge >= 0.3 is 10.1 Å². The molecule has 4 N–H and O–H groups in total. The standard InChI is InChI=1S/C6H7NO5S.ClH/c7-12-5-3-1-2-4(8)6(5)13(9,10)11;/h1-3,8H,7H2,(H,9,10,11);1H. The lowest BCUT2D eigenvalue weighted by Crippen LogP contribution is -2.08. The second-order valence-corrected chi connectivity index (χ2v) is 3.56. The Bertz CT molecular complexity index is 418. The van der Waals surface area contributed by atoms with Crippen molar-refractivity contribution in [1.29, 1.82) is 0 Å². The van der Waals surface area contributed by atoms with E-state index in [4.69, 9.17) is 15.6 Å². The number of halogens is 1. The Balaban J connectivity index is 0.00000169. The number of aromatic hydroxyl groups is 1. The van der Waals surface area contributed by atoms with Gasteiger partial charge in [0.25, 0.3) is 0 Å². The summed E-state index contributed by atoms with van der Waals surface area (Å²) in [6.07, 6.45) is 0. The van der Waals surface area contributed by atoms with Crippen molar-refractivity contribution in [1.82, 2.24) is 0 Å². The maximum atomic E-state index is 10.7. The maximum Gasteiger partial charge on any atom is 0.302 e. The lowest BCUT2D eigenvalue weighted by atomic mass is 10.3. The summed E-state index contributed by atoms with van der Waals surface area (Å²) in [7, 11) is -4.53. The van der Waals surface area contributed by atoms with Crippen LogP contribution in [-0.4, -0.2) is 18.1 Å². The Morgan fingerprint density at radius 1 is 1.36 bits per heavy atom. The van der Waals surface area contributed by atoms with Gasteiger partial charge in [0, 0.05) is 0 Å². The van der Waals surface area contributed by atoms with Crippen LogP contribution in [0.15, 0.2) is 23.1 Å². The summed E-state index contributed by atoms with van der Waals surface area (Å²) >= 11 is 0. The highest BCUT2D eigenvalue weighted by Crippen LogP contribution is 2.30. The SMILES string of the molecule is Cl.NOc1cccc(O)c1S(=O)(=O)O. The van der Waals surface area contributed by atoms with Gasteiger partial charge in [-0.2, -0.15) is 14.3 Å². The molecule has 6 nitrogen and oxygen atoms in total. The quantitative estimate of drug-likeness (QED) is 0.508. The van der Waals surface area contributed by atoms with Gasteiger partial charge in [-0.15, -0.1) is 12.4 Å². The monoisotopic (exact) mass is 241 g/mol. The average molecular weight is 242 g/mol. The molecule has 1 aromatic carbocycles. The molecule has 0 aliphatic rings. The number of benzene rings is 1. The van der Waals surface area contributed by atoms with Gasteiger partial charge in [0.15, 0.2) is 10.6 Å². The summed E-state index contributed by atoms with van der Waals surface area (Å²) in [5.41, 5.74) is 0. The van der Waals surface area contributed by atoms with Gasteiger partial charge in [-0.1, -0.05) is 6.07 Å². The van der Waals surface area contributed by atoms with Crippen molar-refractivity contribution >= 4 is 22.5 Å². The van der Waals surface area contributed by atoms with Crippen LogP contribution in [0.3, 0.4) is 0 Å². The molecule has 0 saturated heterocycles. The van der Waals surface area contributed by atoms with Gasteiger partial charge in [0.2, 0.25) is 0 Å². The lowest BCUT2D eigenvalue weighted by molar-refractivity contribution is 0.317. The predicted octanol–water partition coefficient (Wildman–Crippen LogP) is 0.313. The molecule has 14 heavy (non-hydrogen) atoms. The Labute approximate surface area is 86.4 Å². The van der Waals surface area contributed by atoms with E-state index in [9.17, 15) is 8.42 Å². The molecule has 0 heterocycles. The summed E-state index contributed by atoms with van der Waals surface area (Å²) in [4.78, 5) is 3.42. The maximum absolute atomic E-state index is 10.7. The third kappa shape index (κ3) is 2.48. The van der Waals surface area contributed by atoms with E-state index in [2.05, 4.69) is 4.84 Å². The molecule has 0 spiro atoms. The summed E-state index contributed by atoms with van der Waals surface area (Å²) in [5.74, 6) is 3.79. The molecule has 0 saturated carbocycles. The molecule has 0 aliphatic carbocycles. The normalized spacial score (nSPS) is 10.4. The molecule has 0 aliphatic heterocycles. The second-order valence-electron chi connectivity index (χ2n) is 2.20. The molecule has 1 rings (SSSR count). The van der Waals surface area contributed by atoms with Crippen LogP contribution < -0.4 is 10.7 Å². The van der Waals surface area contributed by atoms with E-state index >= 15 is 0 Å². The first-order chi connectivity index (χ1) is 5.96. The summed E-state index contributed by atoms with van der Waals surface area (Å²) in [6.45, 7) is 0. The Hall–Kier alpha value is -1.02. The molecular formula is C6H8ClNO5S. The van der Waals surface area contributed by atoms with Crippen molar-refractivity contribution in [2.75, 3.05) is 0 Å². The molecule has 0 fully saturated rings. The Morgan fingerprint density at radius 3 is 2.29 bits per heavy atom. The number of phenols is 1. The van der Waals surface area contributed by atoms with Crippen LogP contribution in [0, 0.1) is 0 Å². The molecule has 0 unspecified atom stereocenters.